The van der Waals surface area contributed by atoms with Crippen LogP contribution in [0.2, 0.25) is 5.02 Å². The maximum atomic E-state index is 6.17. The molecule has 0 aliphatic carbocycles. The molecule has 0 fully saturated rings. The molecule has 98 valence electrons. The summed E-state index contributed by atoms with van der Waals surface area (Å²) in [6.07, 6.45) is 0. The number of halogens is 1. The van der Waals surface area contributed by atoms with Gasteiger partial charge in [-0.1, -0.05) is 31.5 Å². The molecule has 4 nitrogen and oxygen atoms in total. The number of rotatable bonds is 3. The van der Waals surface area contributed by atoms with Crippen molar-refractivity contribution in [1.29, 1.82) is 0 Å². The largest absolute Gasteiger partial charge is 0.491 e. The highest BCUT2D eigenvalue weighted by Gasteiger charge is 2.26. The fourth-order valence-corrected chi connectivity index (χ4v) is 2.15. The van der Waals surface area contributed by atoms with Crippen molar-refractivity contribution in [3.05, 3.63) is 28.8 Å². The first-order valence-corrected chi connectivity index (χ1v) is 6.43. The van der Waals surface area contributed by atoms with Gasteiger partial charge in [-0.2, -0.15) is 0 Å². The smallest absolute Gasteiger partial charge is 0.189 e. The van der Waals surface area contributed by atoms with Crippen LogP contribution in [0.15, 0.2) is 23.2 Å². The van der Waals surface area contributed by atoms with Crippen LogP contribution >= 0.6 is 11.6 Å². The number of aliphatic imine (C=N–C) groups is 1. The number of benzene rings is 1. The SMILES string of the molecule is CC(C)CN=C(N)NC1COc2cccc(Cl)c21. The standard InChI is InChI=1S/C13H18ClN3O/c1-8(2)6-16-13(15)17-10-7-18-11-5-3-4-9(14)12(10)11/h3-5,8,10H,6-7H2,1-2H3,(H3,15,16,17). The third kappa shape index (κ3) is 2.88. The first-order valence-electron chi connectivity index (χ1n) is 6.05. The van der Waals surface area contributed by atoms with Gasteiger partial charge in [-0.05, 0) is 18.1 Å². The zero-order valence-electron chi connectivity index (χ0n) is 10.6. The van der Waals surface area contributed by atoms with Crippen LogP contribution in [-0.4, -0.2) is 19.1 Å². The Hall–Kier alpha value is -1.42. The van der Waals surface area contributed by atoms with E-state index in [1.807, 2.05) is 18.2 Å². The molecule has 0 bridgehead atoms. The van der Waals surface area contributed by atoms with E-state index in [2.05, 4.69) is 24.2 Å². The Labute approximate surface area is 112 Å². The summed E-state index contributed by atoms with van der Waals surface area (Å²) in [6, 6.07) is 5.61. The second-order valence-corrected chi connectivity index (χ2v) is 5.19. The summed E-state index contributed by atoms with van der Waals surface area (Å²) in [5.74, 6) is 1.74. The van der Waals surface area contributed by atoms with E-state index in [9.17, 15) is 0 Å². The molecule has 1 aromatic rings. The van der Waals surface area contributed by atoms with Crippen LogP contribution in [0.25, 0.3) is 0 Å². The average Bonchev–Trinajstić information content (AvgIpc) is 2.71. The molecule has 1 aromatic carbocycles. The summed E-state index contributed by atoms with van der Waals surface area (Å²) in [6.45, 7) is 5.43. The van der Waals surface area contributed by atoms with E-state index >= 15 is 0 Å². The van der Waals surface area contributed by atoms with E-state index in [1.165, 1.54) is 0 Å². The monoisotopic (exact) mass is 267 g/mol. The van der Waals surface area contributed by atoms with Gasteiger partial charge in [-0.25, -0.2) is 0 Å². The minimum absolute atomic E-state index is 0.0235. The van der Waals surface area contributed by atoms with Gasteiger partial charge in [-0.15, -0.1) is 0 Å². The molecule has 5 heteroatoms. The maximum Gasteiger partial charge on any atom is 0.189 e. The van der Waals surface area contributed by atoms with E-state index in [-0.39, 0.29) is 6.04 Å². The number of guanidine groups is 1. The van der Waals surface area contributed by atoms with E-state index in [4.69, 9.17) is 22.1 Å². The summed E-state index contributed by atoms with van der Waals surface area (Å²) in [5, 5.41) is 3.84. The molecular weight excluding hydrogens is 250 g/mol. The van der Waals surface area contributed by atoms with Crippen molar-refractivity contribution in [3.8, 4) is 5.75 Å². The van der Waals surface area contributed by atoms with Crippen molar-refractivity contribution in [2.75, 3.05) is 13.2 Å². The number of ether oxygens (including phenoxy) is 1. The fraction of sp³-hybridized carbons (Fsp3) is 0.462. The molecule has 0 spiro atoms. The van der Waals surface area contributed by atoms with Gasteiger partial charge in [0.1, 0.15) is 12.4 Å². The normalized spacial score (nSPS) is 18.7. The van der Waals surface area contributed by atoms with Gasteiger partial charge in [-0.3, -0.25) is 4.99 Å². The Morgan fingerprint density at radius 3 is 3.11 bits per heavy atom. The van der Waals surface area contributed by atoms with Crippen LogP contribution < -0.4 is 15.8 Å². The first kappa shape index (κ1) is 13.0. The van der Waals surface area contributed by atoms with Crippen LogP contribution in [0, 0.1) is 5.92 Å². The molecule has 1 heterocycles. The summed E-state index contributed by atoms with van der Waals surface area (Å²) < 4.78 is 5.56. The van der Waals surface area contributed by atoms with Crippen molar-refractivity contribution >= 4 is 17.6 Å². The van der Waals surface area contributed by atoms with E-state index in [1.54, 1.807) is 0 Å². The number of fused-ring (bicyclic) bond motifs is 1. The van der Waals surface area contributed by atoms with Gasteiger partial charge in [0.2, 0.25) is 0 Å². The molecule has 1 aliphatic rings. The Kier molecular flexibility index (Phi) is 3.97. The van der Waals surface area contributed by atoms with Crippen LogP contribution in [0.4, 0.5) is 0 Å². The van der Waals surface area contributed by atoms with Crippen molar-refractivity contribution in [1.82, 2.24) is 5.32 Å². The van der Waals surface area contributed by atoms with Crippen LogP contribution in [-0.2, 0) is 0 Å². The third-order valence-corrected chi connectivity index (χ3v) is 3.05. The molecule has 1 aliphatic heterocycles. The predicted molar refractivity (Wildman–Crippen MR) is 74.2 cm³/mol. The molecule has 0 amide bonds. The highest BCUT2D eigenvalue weighted by molar-refractivity contribution is 6.31. The van der Waals surface area contributed by atoms with Gasteiger partial charge in [0, 0.05) is 17.1 Å². The predicted octanol–water partition coefficient (Wildman–Crippen LogP) is 2.33. The maximum absolute atomic E-state index is 6.17. The second-order valence-electron chi connectivity index (χ2n) is 4.78. The number of hydrogen-bond acceptors (Lipinski definition) is 2. The lowest BCUT2D eigenvalue weighted by atomic mass is 10.1. The van der Waals surface area contributed by atoms with Crippen LogP contribution in [0.1, 0.15) is 25.5 Å². The lowest BCUT2D eigenvalue weighted by molar-refractivity contribution is 0.324. The molecular formula is C13H18ClN3O. The molecule has 18 heavy (non-hydrogen) atoms. The first-order chi connectivity index (χ1) is 8.58. The molecule has 2 rings (SSSR count). The molecule has 3 N–H and O–H groups in total. The summed E-state index contributed by atoms with van der Waals surface area (Å²) >= 11 is 6.17. The van der Waals surface area contributed by atoms with Gasteiger partial charge in [0.15, 0.2) is 5.96 Å². The van der Waals surface area contributed by atoms with Gasteiger partial charge in [0.25, 0.3) is 0 Å². The lowest BCUT2D eigenvalue weighted by Gasteiger charge is -2.13. The van der Waals surface area contributed by atoms with E-state index in [0.717, 1.165) is 11.3 Å². The lowest BCUT2D eigenvalue weighted by Crippen LogP contribution is -2.36. The topological polar surface area (TPSA) is 59.6 Å². The minimum atomic E-state index is -0.0235. The molecule has 0 saturated carbocycles. The van der Waals surface area contributed by atoms with Crippen molar-refractivity contribution < 1.29 is 4.74 Å². The van der Waals surface area contributed by atoms with Crippen molar-refractivity contribution in [3.63, 3.8) is 0 Å². The number of nitrogens with zero attached hydrogens (tertiary/aromatic N) is 1. The highest BCUT2D eigenvalue weighted by atomic mass is 35.5. The molecule has 0 radical (unpaired) electrons. The second kappa shape index (κ2) is 5.48. The van der Waals surface area contributed by atoms with Crippen LogP contribution in [0.3, 0.4) is 0 Å². The highest BCUT2D eigenvalue weighted by Crippen LogP contribution is 2.37. The number of nitrogens with two attached hydrogens (primary N) is 1. The Bertz CT molecular complexity index is 460. The molecule has 1 atom stereocenters. The third-order valence-electron chi connectivity index (χ3n) is 2.72. The minimum Gasteiger partial charge on any atom is -0.491 e. The van der Waals surface area contributed by atoms with Crippen molar-refractivity contribution in [2.24, 2.45) is 16.6 Å². The van der Waals surface area contributed by atoms with Gasteiger partial charge < -0.3 is 15.8 Å². The summed E-state index contributed by atoms with van der Waals surface area (Å²) in [4.78, 5) is 4.27. The average molecular weight is 268 g/mol. The number of hydrogen-bond donors (Lipinski definition) is 2. The van der Waals surface area contributed by atoms with Gasteiger partial charge in [0.05, 0.1) is 6.04 Å². The Morgan fingerprint density at radius 1 is 1.61 bits per heavy atom. The quantitative estimate of drug-likeness (QED) is 0.653. The van der Waals surface area contributed by atoms with Gasteiger partial charge >= 0.3 is 0 Å². The Balaban J connectivity index is 2.08. The summed E-state index contributed by atoms with van der Waals surface area (Å²) in [5.41, 5.74) is 6.81. The zero-order valence-corrected chi connectivity index (χ0v) is 11.4. The Morgan fingerprint density at radius 2 is 2.39 bits per heavy atom. The van der Waals surface area contributed by atoms with Crippen LogP contribution in [0.5, 0.6) is 5.75 Å². The van der Waals surface area contributed by atoms with E-state index < -0.39 is 0 Å². The molecule has 0 aromatic heterocycles. The zero-order chi connectivity index (χ0) is 13.1. The van der Waals surface area contributed by atoms with E-state index in [0.29, 0.717) is 30.1 Å². The molecule has 1 unspecified atom stereocenters. The number of nitrogens with one attached hydrogen (secondary N) is 1. The fourth-order valence-electron chi connectivity index (χ4n) is 1.86. The molecule has 0 saturated heterocycles. The van der Waals surface area contributed by atoms with Crippen molar-refractivity contribution in [2.45, 2.75) is 19.9 Å². The summed E-state index contributed by atoms with van der Waals surface area (Å²) in [7, 11) is 0.